The van der Waals surface area contributed by atoms with E-state index in [1.165, 1.54) is 6.92 Å². The Bertz CT molecular complexity index is 252. The molecule has 0 saturated heterocycles. The number of carbonyl (C=O) groups is 2. The Morgan fingerprint density at radius 2 is 2.21 bits per heavy atom. The van der Waals surface area contributed by atoms with Gasteiger partial charge in [0.05, 0.1) is 0 Å². The van der Waals surface area contributed by atoms with E-state index in [1.54, 1.807) is 0 Å². The van der Waals surface area contributed by atoms with E-state index in [9.17, 15) is 9.59 Å². The van der Waals surface area contributed by atoms with Gasteiger partial charge in [-0.3, -0.25) is 4.79 Å². The third kappa shape index (κ3) is 2.05. The number of carboxylic acids is 1. The Morgan fingerprint density at radius 3 is 2.57 bits per heavy atom. The first-order chi connectivity index (χ1) is 6.50. The van der Waals surface area contributed by atoms with Gasteiger partial charge in [-0.2, -0.15) is 0 Å². The number of amides is 1. The molecule has 1 amide bonds. The van der Waals surface area contributed by atoms with Crippen molar-refractivity contribution in [3.05, 3.63) is 0 Å². The molecule has 1 saturated carbocycles. The summed E-state index contributed by atoms with van der Waals surface area (Å²) >= 11 is 0. The van der Waals surface area contributed by atoms with Crippen molar-refractivity contribution in [3.63, 3.8) is 0 Å². The first-order valence-electron chi connectivity index (χ1n) is 5.02. The van der Waals surface area contributed by atoms with Crippen LogP contribution in [0.15, 0.2) is 0 Å². The standard InChI is InChI=1S/C10H17NO3/c1-3-8-4-5-10(6-8,9(13)14)11-7(2)12/h8H,3-6H2,1-2H3,(H,11,12)(H,13,14). The second-order valence-electron chi connectivity index (χ2n) is 4.09. The molecule has 1 rings (SSSR count). The third-order valence-corrected chi connectivity index (χ3v) is 3.02. The maximum Gasteiger partial charge on any atom is 0.329 e. The molecule has 0 aromatic carbocycles. The van der Waals surface area contributed by atoms with E-state index in [4.69, 9.17) is 5.11 Å². The van der Waals surface area contributed by atoms with Crippen LogP contribution in [0.2, 0.25) is 0 Å². The predicted octanol–water partition coefficient (Wildman–Crippen LogP) is 1.16. The average Bonchev–Trinajstić information content (AvgIpc) is 2.48. The molecule has 4 nitrogen and oxygen atoms in total. The largest absolute Gasteiger partial charge is 0.480 e. The molecule has 2 atom stereocenters. The Hall–Kier alpha value is -1.06. The van der Waals surface area contributed by atoms with Crippen molar-refractivity contribution in [2.24, 2.45) is 5.92 Å². The number of nitrogens with one attached hydrogen (secondary N) is 1. The molecule has 0 spiro atoms. The summed E-state index contributed by atoms with van der Waals surface area (Å²) in [5.41, 5.74) is -0.994. The third-order valence-electron chi connectivity index (χ3n) is 3.02. The summed E-state index contributed by atoms with van der Waals surface area (Å²) in [5, 5.41) is 11.7. The molecule has 0 aromatic rings. The molecule has 1 aliphatic carbocycles. The lowest BCUT2D eigenvalue weighted by Crippen LogP contribution is -2.52. The summed E-state index contributed by atoms with van der Waals surface area (Å²) in [6.07, 6.45) is 3.00. The molecular formula is C10H17NO3. The lowest BCUT2D eigenvalue weighted by Gasteiger charge is -2.25. The van der Waals surface area contributed by atoms with Gasteiger partial charge in [-0.15, -0.1) is 0 Å². The van der Waals surface area contributed by atoms with Crippen molar-refractivity contribution in [1.29, 1.82) is 0 Å². The van der Waals surface area contributed by atoms with Crippen LogP contribution in [0.3, 0.4) is 0 Å². The maximum absolute atomic E-state index is 11.1. The zero-order valence-electron chi connectivity index (χ0n) is 8.67. The van der Waals surface area contributed by atoms with Crippen molar-refractivity contribution in [3.8, 4) is 0 Å². The van der Waals surface area contributed by atoms with Crippen molar-refractivity contribution >= 4 is 11.9 Å². The van der Waals surface area contributed by atoms with Gasteiger partial charge in [0.1, 0.15) is 5.54 Å². The minimum Gasteiger partial charge on any atom is -0.480 e. The van der Waals surface area contributed by atoms with Crippen LogP contribution in [0.4, 0.5) is 0 Å². The highest BCUT2D eigenvalue weighted by atomic mass is 16.4. The molecule has 4 heteroatoms. The topological polar surface area (TPSA) is 66.4 Å². The van der Waals surface area contributed by atoms with Crippen LogP contribution in [0.5, 0.6) is 0 Å². The lowest BCUT2D eigenvalue weighted by molar-refractivity contribution is -0.147. The molecule has 2 unspecified atom stereocenters. The zero-order valence-corrected chi connectivity index (χ0v) is 8.67. The molecule has 80 valence electrons. The Labute approximate surface area is 83.7 Å². The summed E-state index contributed by atoms with van der Waals surface area (Å²) < 4.78 is 0. The normalized spacial score (nSPS) is 31.4. The SMILES string of the molecule is CCC1CCC(NC(C)=O)(C(=O)O)C1. The summed E-state index contributed by atoms with van der Waals surface area (Å²) in [7, 11) is 0. The van der Waals surface area contributed by atoms with E-state index in [2.05, 4.69) is 12.2 Å². The summed E-state index contributed by atoms with van der Waals surface area (Å²) in [6.45, 7) is 3.42. The van der Waals surface area contributed by atoms with Crippen molar-refractivity contribution in [2.45, 2.75) is 45.1 Å². The molecule has 1 fully saturated rings. The summed E-state index contributed by atoms with van der Waals surface area (Å²) in [5.74, 6) is -0.731. The van der Waals surface area contributed by atoms with Gasteiger partial charge in [0.2, 0.25) is 5.91 Å². The fraction of sp³-hybridized carbons (Fsp3) is 0.800. The fourth-order valence-corrected chi connectivity index (χ4v) is 2.19. The number of aliphatic carboxylic acids is 1. The first-order valence-corrected chi connectivity index (χ1v) is 5.02. The van der Waals surface area contributed by atoms with Crippen LogP contribution in [-0.2, 0) is 9.59 Å². The highest BCUT2D eigenvalue weighted by Crippen LogP contribution is 2.36. The van der Waals surface area contributed by atoms with E-state index in [0.717, 1.165) is 12.8 Å². The predicted molar refractivity (Wildman–Crippen MR) is 51.8 cm³/mol. The summed E-state index contributed by atoms with van der Waals surface area (Å²) in [4.78, 5) is 22.0. The molecular weight excluding hydrogens is 182 g/mol. The van der Waals surface area contributed by atoms with Gasteiger partial charge in [0.15, 0.2) is 0 Å². The van der Waals surface area contributed by atoms with E-state index in [-0.39, 0.29) is 5.91 Å². The highest BCUT2D eigenvalue weighted by molar-refractivity contribution is 5.86. The molecule has 0 aromatic heterocycles. The molecule has 0 aliphatic heterocycles. The lowest BCUT2D eigenvalue weighted by atomic mass is 9.95. The molecule has 1 aliphatic rings. The second-order valence-corrected chi connectivity index (χ2v) is 4.09. The monoisotopic (exact) mass is 199 g/mol. The van der Waals surface area contributed by atoms with Gasteiger partial charge >= 0.3 is 5.97 Å². The number of hydrogen-bond acceptors (Lipinski definition) is 2. The number of carbonyl (C=O) groups excluding carboxylic acids is 1. The van der Waals surface area contributed by atoms with Gasteiger partial charge in [-0.05, 0) is 25.2 Å². The quantitative estimate of drug-likeness (QED) is 0.716. The Morgan fingerprint density at radius 1 is 1.57 bits per heavy atom. The van der Waals surface area contributed by atoms with Crippen LogP contribution < -0.4 is 5.32 Å². The van der Waals surface area contributed by atoms with Crippen molar-refractivity contribution in [1.82, 2.24) is 5.32 Å². The van der Waals surface area contributed by atoms with Gasteiger partial charge in [0, 0.05) is 6.92 Å². The molecule has 0 radical (unpaired) electrons. The van der Waals surface area contributed by atoms with Crippen LogP contribution in [0.1, 0.15) is 39.5 Å². The van der Waals surface area contributed by atoms with Gasteiger partial charge in [0.25, 0.3) is 0 Å². The maximum atomic E-state index is 11.1. The van der Waals surface area contributed by atoms with Gasteiger partial charge in [-0.1, -0.05) is 13.3 Å². The average molecular weight is 199 g/mol. The van der Waals surface area contributed by atoms with Crippen LogP contribution >= 0.6 is 0 Å². The Balaban J connectivity index is 2.75. The van der Waals surface area contributed by atoms with E-state index in [0.29, 0.717) is 18.8 Å². The number of hydrogen-bond donors (Lipinski definition) is 2. The van der Waals surface area contributed by atoms with Crippen molar-refractivity contribution < 1.29 is 14.7 Å². The molecule has 0 bridgehead atoms. The molecule has 0 heterocycles. The minimum atomic E-state index is -0.994. The molecule has 2 N–H and O–H groups in total. The Kier molecular flexibility index (Phi) is 3.13. The van der Waals surface area contributed by atoms with Crippen LogP contribution in [0.25, 0.3) is 0 Å². The zero-order chi connectivity index (χ0) is 10.8. The van der Waals surface area contributed by atoms with E-state index in [1.807, 2.05) is 0 Å². The van der Waals surface area contributed by atoms with E-state index >= 15 is 0 Å². The van der Waals surface area contributed by atoms with Gasteiger partial charge < -0.3 is 10.4 Å². The van der Waals surface area contributed by atoms with Gasteiger partial charge in [-0.25, -0.2) is 4.79 Å². The van der Waals surface area contributed by atoms with Crippen molar-refractivity contribution in [2.75, 3.05) is 0 Å². The minimum absolute atomic E-state index is 0.260. The van der Waals surface area contributed by atoms with Crippen LogP contribution in [0, 0.1) is 5.92 Å². The number of carboxylic acid groups (broad SMARTS) is 1. The van der Waals surface area contributed by atoms with Crippen LogP contribution in [-0.4, -0.2) is 22.5 Å². The van der Waals surface area contributed by atoms with E-state index < -0.39 is 11.5 Å². The highest BCUT2D eigenvalue weighted by Gasteiger charge is 2.45. The number of rotatable bonds is 3. The molecule has 14 heavy (non-hydrogen) atoms. The second kappa shape index (κ2) is 3.98. The first kappa shape index (κ1) is 11.0. The fourth-order valence-electron chi connectivity index (χ4n) is 2.19. The summed E-state index contributed by atoms with van der Waals surface area (Å²) in [6, 6.07) is 0. The smallest absolute Gasteiger partial charge is 0.329 e.